The summed E-state index contributed by atoms with van der Waals surface area (Å²) >= 11 is 0. The van der Waals surface area contributed by atoms with E-state index >= 15 is 0 Å². The molecule has 1 heteroatoms. The fourth-order valence-electron chi connectivity index (χ4n) is 1.77. The Labute approximate surface area is 57.8 Å². The summed E-state index contributed by atoms with van der Waals surface area (Å²) in [5.41, 5.74) is 0.550. The highest BCUT2D eigenvalue weighted by Crippen LogP contribution is 2.32. The summed E-state index contributed by atoms with van der Waals surface area (Å²) in [7, 11) is 0. The van der Waals surface area contributed by atoms with E-state index in [-0.39, 0.29) is 0 Å². The monoisotopic (exact) mass is 127 g/mol. The molecule has 1 rings (SSSR count). The van der Waals surface area contributed by atoms with Gasteiger partial charge in [-0.15, -0.1) is 0 Å². The normalized spacial score (nSPS) is 32.3. The quantitative estimate of drug-likeness (QED) is 0.564. The van der Waals surface area contributed by atoms with Gasteiger partial charge in [0.05, 0.1) is 0 Å². The molecule has 0 aromatic carbocycles. The van der Waals surface area contributed by atoms with E-state index in [1.165, 1.54) is 6.54 Å². The van der Waals surface area contributed by atoms with Crippen LogP contribution in [0.1, 0.15) is 27.7 Å². The molecule has 0 amide bonds. The minimum atomic E-state index is 0.550. The van der Waals surface area contributed by atoms with Gasteiger partial charge in [-0.3, -0.25) is 0 Å². The molecule has 9 heavy (non-hydrogen) atoms. The van der Waals surface area contributed by atoms with Gasteiger partial charge in [0.25, 0.3) is 0 Å². The van der Waals surface area contributed by atoms with Crippen LogP contribution >= 0.6 is 0 Å². The van der Waals surface area contributed by atoms with Crippen molar-refractivity contribution in [1.82, 2.24) is 5.32 Å². The molecule has 54 valence electrons. The number of rotatable bonds is 1. The van der Waals surface area contributed by atoms with Gasteiger partial charge in [-0.25, -0.2) is 0 Å². The topological polar surface area (TPSA) is 12.0 Å². The second-order valence-electron chi connectivity index (χ2n) is 4.09. The molecule has 1 N–H and O–H groups in total. The number of hydrogen-bond donors (Lipinski definition) is 1. The largest absolute Gasteiger partial charge is 0.313 e. The first-order chi connectivity index (χ1) is 4.04. The van der Waals surface area contributed by atoms with Gasteiger partial charge in [0.1, 0.15) is 0 Å². The van der Waals surface area contributed by atoms with E-state index in [2.05, 4.69) is 33.0 Å². The van der Waals surface area contributed by atoms with Crippen LogP contribution in [0.4, 0.5) is 0 Å². The van der Waals surface area contributed by atoms with Gasteiger partial charge in [0.2, 0.25) is 0 Å². The van der Waals surface area contributed by atoms with Crippen LogP contribution in [0.5, 0.6) is 0 Å². The van der Waals surface area contributed by atoms with Gasteiger partial charge < -0.3 is 5.32 Å². The van der Waals surface area contributed by atoms with Crippen molar-refractivity contribution in [2.75, 3.05) is 6.54 Å². The molecule has 0 aliphatic carbocycles. The second kappa shape index (κ2) is 1.98. The van der Waals surface area contributed by atoms with E-state index in [4.69, 9.17) is 0 Å². The third-order valence-corrected chi connectivity index (χ3v) is 2.29. The predicted octanol–water partition coefficient (Wildman–Crippen LogP) is 1.64. The van der Waals surface area contributed by atoms with E-state index in [1.807, 2.05) is 0 Å². The molecule has 0 saturated carbocycles. The lowest BCUT2D eigenvalue weighted by Crippen LogP contribution is -2.61. The molecule has 0 bridgehead atoms. The first-order valence-corrected chi connectivity index (χ1v) is 3.77. The Kier molecular flexibility index (Phi) is 1.55. The molecule has 0 spiro atoms. The highest BCUT2D eigenvalue weighted by molar-refractivity contribution is 4.96. The van der Waals surface area contributed by atoms with Crippen LogP contribution in [0.25, 0.3) is 0 Å². The van der Waals surface area contributed by atoms with Crippen molar-refractivity contribution in [2.24, 2.45) is 11.3 Å². The van der Waals surface area contributed by atoms with E-state index < -0.39 is 0 Å². The van der Waals surface area contributed by atoms with E-state index in [0.29, 0.717) is 5.41 Å². The lowest BCUT2D eigenvalue weighted by atomic mass is 9.72. The second-order valence-corrected chi connectivity index (χ2v) is 4.09. The van der Waals surface area contributed by atoms with Crippen LogP contribution in [0.15, 0.2) is 0 Å². The Morgan fingerprint density at radius 3 is 2.00 bits per heavy atom. The van der Waals surface area contributed by atoms with Crippen LogP contribution in [0.2, 0.25) is 0 Å². The van der Waals surface area contributed by atoms with Crippen LogP contribution in [-0.2, 0) is 0 Å². The van der Waals surface area contributed by atoms with E-state index in [0.717, 1.165) is 12.0 Å². The molecular weight excluding hydrogens is 110 g/mol. The maximum absolute atomic E-state index is 3.44. The van der Waals surface area contributed by atoms with Gasteiger partial charge >= 0.3 is 0 Å². The van der Waals surface area contributed by atoms with Crippen LogP contribution < -0.4 is 5.32 Å². The average molecular weight is 127 g/mol. The molecule has 0 aromatic heterocycles. The fraction of sp³-hybridized carbons (Fsp3) is 1.00. The van der Waals surface area contributed by atoms with Gasteiger partial charge in [-0.1, -0.05) is 27.7 Å². The minimum Gasteiger partial charge on any atom is -0.313 e. The van der Waals surface area contributed by atoms with Crippen molar-refractivity contribution in [3.63, 3.8) is 0 Å². The third kappa shape index (κ3) is 1.11. The molecule has 1 aliphatic rings. The van der Waals surface area contributed by atoms with Crippen molar-refractivity contribution in [2.45, 2.75) is 33.7 Å². The Morgan fingerprint density at radius 2 is 2.00 bits per heavy atom. The highest BCUT2D eigenvalue weighted by atomic mass is 15.0. The van der Waals surface area contributed by atoms with Crippen LogP contribution in [0.3, 0.4) is 0 Å². The first kappa shape index (κ1) is 7.07. The zero-order chi connectivity index (χ0) is 7.07. The molecule has 0 radical (unpaired) electrons. The summed E-state index contributed by atoms with van der Waals surface area (Å²) in [6.07, 6.45) is 0. The molecule has 1 fully saturated rings. The maximum atomic E-state index is 3.44. The highest BCUT2D eigenvalue weighted by Gasteiger charge is 2.39. The predicted molar refractivity (Wildman–Crippen MR) is 40.4 cm³/mol. The average Bonchev–Trinajstić information content (AvgIpc) is 1.62. The van der Waals surface area contributed by atoms with Crippen molar-refractivity contribution in [1.29, 1.82) is 0 Å². The van der Waals surface area contributed by atoms with Crippen molar-refractivity contribution in [3.05, 3.63) is 0 Å². The summed E-state index contributed by atoms with van der Waals surface area (Å²) in [5.74, 6) is 0.786. The lowest BCUT2D eigenvalue weighted by Gasteiger charge is -2.48. The third-order valence-electron chi connectivity index (χ3n) is 2.29. The summed E-state index contributed by atoms with van der Waals surface area (Å²) in [5, 5.41) is 3.44. The Bertz CT molecular complexity index is 105. The summed E-state index contributed by atoms with van der Waals surface area (Å²) in [4.78, 5) is 0. The maximum Gasteiger partial charge on any atom is 0.0154 e. The molecule has 1 saturated heterocycles. The van der Waals surface area contributed by atoms with Crippen molar-refractivity contribution < 1.29 is 0 Å². The molecule has 1 aliphatic heterocycles. The minimum absolute atomic E-state index is 0.550. The Hall–Kier alpha value is -0.0400. The molecule has 1 atom stereocenters. The van der Waals surface area contributed by atoms with Crippen LogP contribution in [0, 0.1) is 11.3 Å². The standard InChI is InChI=1S/C8H17N/c1-6(2)7-8(3,4)5-9-7/h6-7,9H,5H2,1-4H3/t7-/m0/s1. The van der Waals surface area contributed by atoms with Crippen molar-refractivity contribution in [3.8, 4) is 0 Å². The van der Waals surface area contributed by atoms with Crippen molar-refractivity contribution >= 4 is 0 Å². The van der Waals surface area contributed by atoms with Gasteiger partial charge in [0.15, 0.2) is 0 Å². The molecule has 1 heterocycles. The van der Waals surface area contributed by atoms with E-state index in [9.17, 15) is 0 Å². The number of nitrogens with one attached hydrogen (secondary N) is 1. The first-order valence-electron chi connectivity index (χ1n) is 3.77. The van der Waals surface area contributed by atoms with Crippen LogP contribution in [-0.4, -0.2) is 12.6 Å². The Balaban J connectivity index is 2.45. The molecule has 1 nitrogen and oxygen atoms in total. The summed E-state index contributed by atoms with van der Waals surface area (Å²) in [6, 6.07) is 0.748. The van der Waals surface area contributed by atoms with E-state index in [1.54, 1.807) is 0 Å². The molecule has 0 unspecified atom stereocenters. The SMILES string of the molecule is CC(C)[C@@H]1NCC1(C)C. The Morgan fingerprint density at radius 1 is 1.44 bits per heavy atom. The van der Waals surface area contributed by atoms with Gasteiger partial charge in [-0.2, -0.15) is 0 Å². The lowest BCUT2D eigenvalue weighted by molar-refractivity contribution is 0.0884. The molecule has 0 aromatic rings. The zero-order valence-electron chi connectivity index (χ0n) is 6.86. The summed E-state index contributed by atoms with van der Waals surface area (Å²) < 4.78 is 0. The summed E-state index contributed by atoms with van der Waals surface area (Å²) in [6.45, 7) is 10.4. The van der Waals surface area contributed by atoms with Gasteiger partial charge in [0, 0.05) is 12.6 Å². The smallest absolute Gasteiger partial charge is 0.0154 e. The molecular formula is C8H17N. The number of hydrogen-bond acceptors (Lipinski definition) is 1. The zero-order valence-corrected chi connectivity index (χ0v) is 6.86. The van der Waals surface area contributed by atoms with Gasteiger partial charge in [-0.05, 0) is 11.3 Å². The fourth-order valence-corrected chi connectivity index (χ4v) is 1.77.